The average Bonchev–Trinajstić information content (AvgIpc) is 2.41. The lowest BCUT2D eigenvalue weighted by Crippen LogP contribution is -1.99. The van der Waals surface area contributed by atoms with Crippen molar-refractivity contribution in [2.24, 2.45) is 0 Å². The fourth-order valence-corrected chi connectivity index (χ4v) is 1.72. The van der Waals surface area contributed by atoms with Crippen LogP contribution in [0.15, 0.2) is 42.5 Å². The summed E-state index contributed by atoms with van der Waals surface area (Å²) in [5.41, 5.74) is 0.217. The van der Waals surface area contributed by atoms with E-state index >= 15 is 0 Å². The second kappa shape index (κ2) is 5.67. The molecule has 0 atom stereocenters. The molecule has 0 saturated carbocycles. The third-order valence-electron chi connectivity index (χ3n) is 2.46. The van der Waals surface area contributed by atoms with E-state index in [-0.39, 0.29) is 17.4 Å². The molecule has 19 heavy (non-hydrogen) atoms. The van der Waals surface area contributed by atoms with Gasteiger partial charge in [0.15, 0.2) is 0 Å². The van der Waals surface area contributed by atoms with E-state index in [0.717, 1.165) is 11.6 Å². The van der Waals surface area contributed by atoms with Gasteiger partial charge in [-0.15, -0.1) is 0 Å². The predicted octanol–water partition coefficient (Wildman–Crippen LogP) is 3.97. The zero-order valence-electron chi connectivity index (χ0n) is 9.68. The van der Waals surface area contributed by atoms with E-state index in [9.17, 15) is 14.5 Å². The summed E-state index contributed by atoms with van der Waals surface area (Å²) in [5, 5.41) is 10.1. The Morgan fingerprint density at radius 1 is 1.21 bits per heavy atom. The van der Waals surface area contributed by atoms with Crippen LogP contribution in [-0.2, 0) is 6.61 Å². The Labute approximate surface area is 113 Å². The van der Waals surface area contributed by atoms with E-state index in [2.05, 4.69) is 0 Å². The van der Waals surface area contributed by atoms with Crippen LogP contribution in [0, 0.1) is 15.9 Å². The predicted molar refractivity (Wildman–Crippen MR) is 68.8 cm³/mol. The van der Waals surface area contributed by atoms with Crippen molar-refractivity contribution in [2.75, 3.05) is 0 Å². The maximum Gasteiger partial charge on any atom is 0.306 e. The molecule has 0 aliphatic carbocycles. The largest absolute Gasteiger partial charge is 0.487 e. The fourth-order valence-electron chi connectivity index (χ4n) is 1.51. The van der Waals surface area contributed by atoms with Crippen LogP contribution in [0.1, 0.15) is 5.56 Å². The number of benzene rings is 2. The van der Waals surface area contributed by atoms with Crippen LogP contribution >= 0.6 is 11.6 Å². The number of hydrogen-bond donors (Lipinski definition) is 0. The number of halogens is 2. The third kappa shape index (κ3) is 3.00. The van der Waals surface area contributed by atoms with Crippen molar-refractivity contribution in [1.82, 2.24) is 0 Å². The van der Waals surface area contributed by atoms with Gasteiger partial charge < -0.3 is 4.74 Å². The summed E-state index contributed by atoms with van der Waals surface area (Å²) in [4.78, 5) is 9.70. The molecule has 0 radical (unpaired) electrons. The zero-order valence-corrected chi connectivity index (χ0v) is 10.4. The highest BCUT2D eigenvalue weighted by Crippen LogP contribution is 2.33. The van der Waals surface area contributed by atoms with Crippen molar-refractivity contribution in [3.8, 4) is 5.75 Å². The van der Waals surface area contributed by atoms with E-state index in [1.807, 2.05) is 30.3 Å². The summed E-state index contributed by atoms with van der Waals surface area (Å²) in [6.45, 7) is 0.206. The minimum Gasteiger partial charge on any atom is -0.487 e. The summed E-state index contributed by atoms with van der Waals surface area (Å²) < 4.78 is 18.9. The van der Waals surface area contributed by atoms with Crippen LogP contribution in [0.2, 0.25) is 5.02 Å². The highest BCUT2D eigenvalue weighted by Gasteiger charge is 2.20. The van der Waals surface area contributed by atoms with Gasteiger partial charge in [-0.05, 0) is 11.6 Å². The van der Waals surface area contributed by atoms with Gasteiger partial charge in [-0.25, -0.2) is 0 Å². The number of nitro groups is 1. The Hall–Kier alpha value is -2.14. The number of rotatable bonds is 4. The van der Waals surface area contributed by atoms with E-state index < -0.39 is 16.4 Å². The molecule has 2 aromatic rings. The molecule has 0 bridgehead atoms. The first-order valence-electron chi connectivity index (χ1n) is 5.38. The van der Waals surface area contributed by atoms with Crippen molar-refractivity contribution in [2.45, 2.75) is 6.61 Å². The van der Waals surface area contributed by atoms with Crippen LogP contribution in [0.25, 0.3) is 0 Å². The average molecular weight is 282 g/mol. The van der Waals surface area contributed by atoms with Gasteiger partial charge in [0.1, 0.15) is 17.4 Å². The first-order chi connectivity index (χ1) is 9.09. The monoisotopic (exact) mass is 281 g/mol. The molecular weight excluding hydrogens is 273 g/mol. The first-order valence-corrected chi connectivity index (χ1v) is 5.76. The fraction of sp³-hybridized carbons (Fsp3) is 0.0769. The lowest BCUT2D eigenvalue weighted by molar-refractivity contribution is -0.387. The van der Waals surface area contributed by atoms with E-state index in [1.165, 1.54) is 6.07 Å². The molecular formula is C13H9ClFNO3. The quantitative estimate of drug-likeness (QED) is 0.629. The van der Waals surface area contributed by atoms with Crippen molar-refractivity contribution in [3.05, 3.63) is 69.0 Å². The summed E-state index contributed by atoms with van der Waals surface area (Å²) >= 11 is 5.70. The van der Waals surface area contributed by atoms with E-state index in [1.54, 1.807) is 0 Å². The van der Waals surface area contributed by atoms with Gasteiger partial charge >= 0.3 is 5.69 Å². The van der Waals surface area contributed by atoms with Crippen molar-refractivity contribution in [3.63, 3.8) is 0 Å². The van der Waals surface area contributed by atoms with Gasteiger partial charge in [0.25, 0.3) is 0 Å². The Bertz CT molecular complexity index is 604. The highest BCUT2D eigenvalue weighted by atomic mass is 35.5. The molecule has 0 heterocycles. The Morgan fingerprint density at radius 2 is 1.89 bits per heavy atom. The highest BCUT2D eigenvalue weighted by molar-refractivity contribution is 6.32. The summed E-state index contributed by atoms with van der Waals surface area (Å²) in [5.74, 6) is -1.01. The molecule has 98 valence electrons. The second-order valence-corrected chi connectivity index (χ2v) is 4.12. The third-order valence-corrected chi connectivity index (χ3v) is 2.81. The minimum atomic E-state index is -1.09. The number of ether oxygens (including phenoxy) is 1. The number of nitro benzene ring substituents is 1. The van der Waals surface area contributed by atoms with Crippen LogP contribution < -0.4 is 4.74 Å². The Kier molecular flexibility index (Phi) is 3.97. The van der Waals surface area contributed by atoms with Crippen LogP contribution in [0.5, 0.6) is 5.75 Å². The molecule has 0 unspecified atom stereocenters. The van der Waals surface area contributed by atoms with Gasteiger partial charge in [-0.3, -0.25) is 10.1 Å². The van der Waals surface area contributed by atoms with Gasteiger partial charge in [-0.1, -0.05) is 41.9 Å². The molecule has 2 rings (SSSR count). The molecule has 0 aliphatic heterocycles. The summed E-state index contributed by atoms with van der Waals surface area (Å²) in [6.07, 6.45) is 0. The smallest absolute Gasteiger partial charge is 0.306 e. The molecule has 0 aliphatic rings. The van der Waals surface area contributed by atoms with Crippen LogP contribution in [0.4, 0.5) is 10.1 Å². The standard InChI is InChI=1S/C13H9ClFNO3/c14-12-11(7-6-10(13(12)15)16(17)18)19-8-9-4-2-1-3-5-9/h1-7H,8H2. The van der Waals surface area contributed by atoms with Crippen LogP contribution in [-0.4, -0.2) is 4.92 Å². The molecule has 0 saturated heterocycles. The maximum atomic E-state index is 13.6. The van der Waals surface area contributed by atoms with Crippen molar-refractivity contribution < 1.29 is 14.1 Å². The minimum absolute atomic E-state index is 0.0774. The lowest BCUT2D eigenvalue weighted by Gasteiger charge is -2.08. The molecule has 0 N–H and O–H groups in total. The first kappa shape index (κ1) is 13.3. The topological polar surface area (TPSA) is 52.4 Å². The molecule has 4 nitrogen and oxygen atoms in total. The van der Waals surface area contributed by atoms with E-state index in [0.29, 0.717) is 0 Å². The van der Waals surface area contributed by atoms with E-state index in [4.69, 9.17) is 16.3 Å². The van der Waals surface area contributed by atoms with Gasteiger partial charge in [-0.2, -0.15) is 4.39 Å². The van der Waals surface area contributed by atoms with Gasteiger partial charge in [0, 0.05) is 6.07 Å². The van der Waals surface area contributed by atoms with Crippen molar-refractivity contribution >= 4 is 17.3 Å². The Balaban J connectivity index is 2.18. The zero-order chi connectivity index (χ0) is 13.8. The van der Waals surface area contributed by atoms with Gasteiger partial charge in [0.05, 0.1) is 4.92 Å². The lowest BCUT2D eigenvalue weighted by atomic mass is 10.2. The van der Waals surface area contributed by atoms with Crippen LogP contribution in [0.3, 0.4) is 0 Å². The molecule has 0 fully saturated rings. The molecule has 0 spiro atoms. The summed E-state index contributed by atoms with van der Waals surface area (Å²) in [7, 11) is 0. The maximum absolute atomic E-state index is 13.6. The molecule has 0 aromatic heterocycles. The number of hydrogen-bond acceptors (Lipinski definition) is 3. The SMILES string of the molecule is O=[N+]([O-])c1ccc(OCc2ccccc2)c(Cl)c1F. The summed E-state index contributed by atoms with van der Waals surface area (Å²) in [6, 6.07) is 11.6. The second-order valence-electron chi connectivity index (χ2n) is 3.74. The number of nitrogens with zero attached hydrogens (tertiary/aromatic N) is 1. The van der Waals surface area contributed by atoms with Crippen molar-refractivity contribution in [1.29, 1.82) is 0 Å². The van der Waals surface area contributed by atoms with Gasteiger partial charge in [0.2, 0.25) is 5.82 Å². The molecule has 0 amide bonds. The normalized spacial score (nSPS) is 10.2. The molecule has 2 aromatic carbocycles. The molecule has 6 heteroatoms. The Morgan fingerprint density at radius 3 is 2.53 bits per heavy atom.